The second-order valence-corrected chi connectivity index (χ2v) is 3.77. The third-order valence-corrected chi connectivity index (χ3v) is 2.51. The Balaban J connectivity index is 2.15. The van der Waals surface area contributed by atoms with Crippen molar-refractivity contribution in [2.45, 2.75) is 12.5 Å². The van der Waals surface area contributed by atoms with Gasteiger partial charge in [-0.3, -0.25) is 4.79 Å². The molecule has 17 heavy (non-hydrogen) atoms. The molecule has 0 saturated carbocycles. The third-order valence-electron chi connectivity index (χ3n) is 2.51. The zero-order chi connectivity index (χ0) is 12.3. The van der Waals surface area contributed by atoms with Crippen LogP contribution in [0.4, 0.5) is 0 Å². The molecule has 1 N–H and O–H groups in total. The lowest BCUT2D eigenvalue weighted by atomic mass is 10.1. The van der Waals surface area contributed by atoms with Crippen LogP contribution >= 0.6 is 0 Å². The molecule has 2 rings (SSSR count). The van der Waals surface area contributed by atoms with Crippen molar-refractivity contribution >= 4 is 5.97 Å². The molecule has 92 valence electrons. The van der Waals surface area contributed by atoms with Gasteiger partial charge in [0.15, 0.2) is 17.6 Å². The molecule has 0 bridgehead atoms. The molecule has 1 atom stereocenters. The standard InChI is InChI=1S/C12H14O5/c1-15-12(14)5-8-2-3-10-11(4-8)17-9(6-13)7-16-10/h2-4,9,13H,5-7H2,1H3. The Morgan fingerprint density at radius 1 is 1.53 bits per heavy atom. The van der Waals surface area contributed by atoms with Crippen LogP contribution in [-0.4, -0.2) is 37.5 Å². The van der Waals surface area contributed by atoms with Gasteiger partial charge in [0.1, 0.15) is 6.61 Å². The monoisotopic (exact) mass is 238 g/mol. The van der Waals surface area contributed by atoms with Crippen LogP contribution in [0, 0.1) is 0 Å². The van der Waals surface area contributed by atoms with Crippen LogP contribution < -0.4 is 9.47 Å². The summed E-state index contributed by atoms with van der Waals surface area (Å²) in [6.45, 7) is 0.237. The van der Waals surface area contributed by atoms with Crippen molar-refractivity contribution in [3.8, 4) is 11.5 Å². The van der Waals surface area contributed by atoms with E-state index in [9.17, 15) is 4.79 Å². The molecule has 0 aliphatic carbocycles. The Morgan fingerprint density at radius 3 is 3.06 bits per heavy atom. The van der Waals surface area contributed by atoms with Gasteiger partial charge in [0, 0.05) is 0 Å². The van der Waals surface area contributed by atoms with Gasteiger partial charge < -0.3 is 19.3 Å². The quantitative estimate of drug-likeness (QED) is 0.778. The number of methoxy groups -OCH3 is 1. The van der Waals surface area contributed by atoms with Crippen LogP contribution in [-0.2, 0) is 16.0 Å². The van der Waals surface area contributed by atoms with Gasteiger partial charge in [-0.2, -0.15) is 0 Å². The minimum absolute atomic E-state index is 0.0966. The fourth-order valence-corrected chi connectivity index (χ4v) is 1.60. The molecular weight excluding hydrogens is 224 g/mol. The summed E-state index contributed by atoms with van der Waals surface area (Å²) in [6, 6.07) is 5.27. The van der Waals surface area contributed by atoms with Crippen LogP contribution in [0.25, 0.3) is 0 Å². The summed E-state index contributed by atoms with van der Waals surface area (Å²) < 4.78 is 15.5. The minimum atomic E-state index is -0.351. The first kappa shape index (κ1) is 11.7. The van der Waals surface area contributed by atoms with E-state index in [2.05, 4.69) is 4.74 Å². The average Bonchev–Trinajstić information content (AvgIpc) is 2.37. The average molecular weight is 238 g/mol. The fraction of sp³-hybridized carbons (Fsp3) is 0.417. The first-order chi connectivity index (χ1) is 8.22. The van der Waals surface area contributed by atoms with Gasteiger partial charge in [-0.15, -0.1) is 0 Å². The van der Waals surface area contributed by atoms with Gasteiger partial charge >= 0.3 is 5.97 Å². The molecule has 1 unspecified atom stereocenters. The van der Waals surface area contributed by atoms with Crippen LogP contribution in [0.15, 0.2) is 18.2 Å². The van der Waals surface area contributed by atoms with E-state index in [1.165, 1.54) is 7.11 Å². The Morgan fingerprint density at radius 2 is 2.35 bits per heavy atom. The van der Waals surface area contributed by atoms with Gasteiger partial charge in [-0.25, -0.2) is 0 Å². The highest BCUT2D eigenvalue weighted by Crippen LogP contribution is 2.32. The second-order valence-electron chi connectivity index (χ2n) is 3.77. The highest BCUT2D eigenvalue weighted by atomic mass is 16.6. The molecule has 0 saturated heterocycles. The van der Waals surface area contributed by atoms with Gasteiger partial charge in [0.2, 0.25) is 0 Å². The summed E-state index contributed by atoms with van der Waals surface area (Å²) in [5, 5.41) is 8.99. The lowest BCUT2D eigenvalue weighted by molar-refractivity contribution is -0.139. The maximum Gasteiger partial charge on any atom is 0.309 e. The molecule has 1 aromatic carbocycles. The number of aliphatic hydroxyl groups excluding tert-OH is 1. The highest BCUT2D eigenvalue weighted by molar-refractivity contribution is 5.72. The van der Waals surface area contributed by atoms with E-state index >= 15 is 0 Å². The topological polar surface area (TPSA) is 65.0 Å². The SMILES string of the molecule is COC(=O)Cc1ccc2c(c1)OC(CO)CO2. The van der Waals surface area contributed by atoms with Crippen molar-refractivity contribution < 1.29 is 24.1 Å². The highest BCUT2D eigenvalue weighted by Gasteiger charge is 2.20. The molecule has 1 aromatic rings. The second kappa shape index (κ2) is 5.05. The van der Waals surface area contributed by atoms with E-state index in [0.29, 0.717) is 18.1 Å². The number of benzene rings is 1. The van der Waals surface area contributed by atoms with Crippen molar-refractivity contribution in [2.24, 2.45) is 0 Å². The third kappa shape index (κ3) is 2.68. The summed E-state index contributed by atoms with van der Waals surface area (Å²) in [5.74, 6) is 0.875. The number of aliphatic hydroxyl groups is 1. The number of hydrogen-bond donors (Lipinski definition) is 1. The number of esters is 1. The smallest absolute Gasteiger partial charge is 0.309 e. The van der Waals surface area contributed by atoms with E-state index in [4.69, 9.17) is 14.6 Å². The molecule has 0 radical (unpaired) electrons. The normalized spacial score (nSPS) is 17.6. The van der Waals surface area contributed by atoms with E-state index in [-0.39, 0.29) is 25.1 Å². The zero-order valence-corrected chi connectivity index (χ0v) is 9.51. The maximum atomic E-state index is 11.1. The fourth-order valence-electron chi connectivity index (χ4n) is 1.60. The number of rotatable bonds is 3. The Kier molecular flexibility index (Phi) is 3.49. The Labute approximate surface area is 98.9 Å². The molecule has 0 spiro atoms. The molecule has 1 heterocycles. The van der Waals surface area contributed by atoms with Crippen molar-refractivity contribution in [3.05, 3.63) is 23.8 Å². The predicted molar refractivity (Wildman–Crippen MR) is 59.2 cm³/mol. The Hall–Kier alpha value is -1.75. The summed E-state index contributed by atoms with van der Waals surface area (Å²) in [6.07, 6.45) is -0.160. The molecule has 0 fully saturated rings. The van der Waals surface area contributed by atoms with Crippen LogP contribution in [0.3, 0.4) is 0 Å². The largest absolute Gasteiger partial charge is 0.486 e. The molecule has 0 aromatic heterocycles. The zero-order valence-electron chi connectivity index (χ0n) is 9.51. The van der Waals surface area contributed by atoms with Gasteiger partial charge in [-0.1, -0.05) is 6.07 Å². The summed E-state index contributed by atoms with van der Waals surface area (Å²) in [4.78, 5) is 11.1. The molecule has 1 aliphatic rings. The first-order valence-corrected chi connectivity index (χ1v) is 5.33. The van der Waals surface area contributed by atoms with Crippen molar-refractivity contribution in [1.29, 1.82) is 0 Å². The molecule has 1 aliphatic heterocycles. The number of fused-ring (bicyclic) bond motifs is 1. The maximum absolute atomic E-state index is 11.1. The molecule has 5 heteroatoms. The van der Waals surface area contributed by atoms with Crippen LogP contribution in [0.2, 0.25) is 0 Å². The number of hydrogen-bond acceptors (Lipinski definition) is 5. The molecule has 0 amide bonds. The van der Waals surface area contributed by atoms with Crippen molar-refractivity contribution in [1.82, 2.24) is 0 Å². The predicted octanol–water partition coefficient (Wildman–Crippen LogP) is 0.534. The van der Waals surface area contributed by atoms with Crippen LogP contribution in [0.1, 0.15) is 5.56 Å². The number of carbonyl (C=O) groups excluding carboxylic acids is 1. The molecular formula is C12H14O5. The van der Waals surface area contributed by atoms with Crippen molar-refractivity contribution in [3.63, 3.8) is 0 Å². The van der Waals surface area contributed by atoms with Crippen LogP contribution in [0.5, 0.6) is 11.5 Å². The van der Waals surface area contributed by atoms with Crippen molar-refractivity contribution in [2.75, 3.05) is 20.3 Å². The summed E-state index contributed by atoms with van der Waals surface area (Å²) in [7, 11) is 1.35. The lowest BCUT2D eigenvalue weighted by Crippen LogP contribution is -2.32. The number of carbonyl (C=O) groups is 1. The summed E-state index contributed by atoms with van der Waals surface area (Å²) >= 11 is 0. The van der Waals surface area contributed by atoms with E-state index in [0.717, 1.165) is 5.56 Å². The number of ether oxygens (including phenoxy) is 3. The molecule has 5 nitrogen and oxygen atoms in total. The van der Waals surface area contributed by atoms with Gasteiger partial charge in [0.05, 0.1) is 20.1 Å². The first-order valence-electron chi connectivity index (χ1n) is 5.33. The summed E-state index contributed by atoms with van der Waals surface area (Å²) in [5.41, 5.74) is 0.790. The Bertz CT molecular complexity index is 415. The minimum Gasteiger partial charge on any atom is -0.486 e. The van der Waals surface area contributed by atoms with E-state index in [1.54, 1.807) is 18.2 Å². The lowest BCUT2D eigenvalue weighted by Gasteiger charge is -2.25. The van der Waals surface area contributed by atoms with Gasteiger partial charge in [-0.05, 0) is 17.7 Å². The van der Waals surface area contributed by atoms with E-state index in [1.807, 2.05) is 0 Å². The van der Waals surface area contributed by atoms with Gasteiger partial charge in [0.25, 0.3) is 0 Å². The van der Waals surface area contributed by atoms with E-state index < -0.39 is 0 Å².